The Bertz CT molecular complexity index is 1370. The summed E-state index contributed by atoms with van der Waals surface area (Å²) in [5.74, 6) is -1.18. The van der Waals surface area contributed by atoms with Crippen molar-refractivity contribution in [2.45, 2.75) is 51.6 Å². The molecule has 0 bridgehead atoms. The van der Waals surface area contributed by atoms with Gasteiger partial charge in [0.15, 0.2) is 0 Å². The highest BCUT2D eigenvalue weighted by molar-refractivity contribution is 6.10. The molecule has 3 aromatic rings. The Hall–Kier alpha value is -3.37. The minimum atomic E-state index is -4.42. The number of rotatable bonds is 6. The molecule has 2 aromatic carbocycles. The minimum absolute atomic E-state index is 0.0610. The molecular weight excluding hydrogens is 523 g/mol. The van der Waals surface area contributed by atoms with E-state index in [-0.39, 0.29) is 38.1 Å². The lowest BCUT2D eigenvalue weighted by molar-refractivity contribution is -0.149. The van der Waals surface area contributed by atoms with Crippen molar-refractivity contribution in [2.24, 2.45) is 13.0 Å². The third-order valence-electron chi connectivity index (χ3n) is 7.73. The predicted octanol–water partition coefficient (Wildman–Crippen LogP) is 5.00. The fourth-order valence-corrected chi connectivity index (χ4v) is 5.34. The van der Waals surface area contributed by atoms with Crippen molar-refractivity contribution in [3.8, 4) is 11.1 Å². The van der Waals surface area contributed by atoms with Gasteiger partial charge in [-0.25, -0.2) is 0 Å². The van der Waals surface area contributed by atoms with Crippen LogP contribution in [0.5, 0.6) is 0 Å². The molecule has 1 N–H and O–H groups in total. The summed E-state index contributed by atoms with van der Waals surface area (Å²) in [5.41, 5.74) is 3.86. The van der Waals surface area contributed by atoms with Crippen molar-refractivity contribution in [3.63, 3.8) is 0 Å². The number of fused-ring (bicyclic) bond motifs is 5. The first kappa shape index (κ1) is 29.6. The number of ether oxygens (including phenoxy) is 1. The number of hydrogen-bond donors (Lipinski definition) is 1. The number of aromatic nitrogens is 1. The van der Waals surface area contributed by atoms with Gasteiger partial charge in [-0.3, -0.25) is 9.59 Å². The summed E-state index contributed by atoms with van der Waals surface area (Å²) in [6, 6.07) is 14.9. The number of hydrogen-bond acceptors (Lipinski definition) is 4. The summed E-state index contributed by atoms with van der Waals surface area (Å²) in [7, 11) is 3.32. The van der Waals surface area contributed by atoms with Crippen LogP contribution in [0.2, 0.25) is 0 Å². The largest absolute Gasteiger partial charge is 0.394 e. The molecule has 40 heavy (non-hydrogen) atoms. The Morgan fingerprint density at radius 2 is 1.85 bits per heavy atom. The number of carbonyl (C=O) groups excluding carboxylic acids is 2. The number of benzene rings is 2. The first-order valence-corrected chi connectivity index (χ1v) is 13.4. The van der Waals surface area contributed by atoms with Gasteiger partial charge >= 0.3 is 6.18 Å². The first-order chi connectivity index (χ1) is 18.9. The zero-order valence-electron chi connectivity index (χ0n) is 23.2. The summed E-state index contributed by atoms with van der Waals surface area (Å²) in [4.78, 5) is 29.7. The van der Waals surface area contributed by atoms with E-state index in [4.69, 9.17) is 4.74 Å². The van der Waals surface area contributed by atoms with E-state index < -0.39 is 37.1 Å². The lowest BCUT2D eigenvalue weighted by Crippen LogP contribution is -2.48. The molecule has 1 aliphatic heterocycles. The van der Waals surface area contributed by atoms with Gasteiger partial charge in [0.1, 0.15) is 5.69 Å². The molecule has 0 unspecified atom stereocenters. The van der Waals surface area contributed by atoms with Crippen molar-refractivity contribution in [1.29, 1.82) is 0 Å². The Balaban J connectivity index is 1.78. The maximum absolute atomic E-state index is 14.3. The van der Waals surface area contributed by atoms with Crippen LogP contribution in [0.1, 0.15) is 42.7 Å². The molecule has 10 heteroatoms. The van der Waals surface area contributed by atoms with Crippen LogP contribution in [0.4, 0.5) is 13.2 Å². The second-order valence-corrected chi connectivity index (χ2v) is 10.7. The third-order valence-corrected chi connectivity index (χ3v) is 7.73. The first-order valence-electron chi connectivity index (χ1n) is 13.4. The maximum atomic E-state index is 14.3. The van der Waals surface area contributed by atoms with Crippen molar-refractivity contribution in [3.05, 3.63) is 59.8 Å². The molecule has 7 nitrogen and oxygen atoms in total. The number of nitrogens with zero attached hydrogens (tertiary/aromatic N) is 3. The normalized spacial score (nSPS) is 19.1. The zero-order valence-corrected chi connectivity index (χ0v) is 23.2. The number of halogens is 3. The summed E-state index contributed by atoms with van der Waals surface area (Å²) >= 11 is 0. The lowest BCUT2D eigenvalue weighted by Gasteiger charge is -2.35. The Morgan fingerprint density at radius 3 is 2.55 bits per heavy atom. The van der Waals surface area contributed by atoms with E-state index in [1.54, 1.807) is 11.8 Å². The topological polar surface area (TPSA) is 75.0 Å². The molecule has 2 amide bonds. The van der Waals surface area contributed by atoms with Crippen molar-refractivity contribution >= 4 is 22.7 Å². The highest BCUT2D eigenvalue weighted by Crippen LogP contribution is 2.38. The summed E-state index contributed by atoms with van der Waals surface area (Å²) in [5, 5.41) is 11.0. The second-order valence-electron chi connectivity index (χ2n) is 10.7. The average Bonchev–Trinajstić information content (AvgIpc) is 3.22. The van der Waals surface area contributed by atoms with Crippen molar-refractivity contribution < 1.29 is 32.6 Å². The Morgan fingerprint density at radius 1 is 1.18 bits per heavy atom. The van der Waals surface area contributed by atoms with Crippen LogP contribution in [0.25, 0.3) is 22.0 Å². The quantitative estimate of drug-likeness (QED) is 0.461. The molecule has 0 aliphatic carbocycles. The van der Waals surface area contributed by atoms with Gasteiger partial charge in [-0.05, 0) is 24.1 Å². The maximum Gasteiger partial charge on any atom is 0.389 e. The molecule has 1 aromatic heterocycles. The van der Waals surface area contributed by atoms with Gasteiger partial charge in [-0.15, -0.1) is 0 Å². The summed E-state index contributed by atoms with van der Waals surface area (Å²) < 4.78 is 46.4. The number of carbonyl (C=O) groups is 2. The number of amides is 2. The SMILES string of the molecule is C[C@@H]1CN([C@@H](C)CO)C(=O)c2c(c3ccccc3n2C)-c2ccccc2CO[C@H]1CN(C)C(=O)CCC(F)(F)F. The zero-order chi connectivity index (χ0) is 29.2. The van der Waals surface area contributed by atoms with Gasteiger partial charge in [0, 0.05) is 56.0 Å². The van der Waals surface area contributed by atoms with E-state index in [1.807, 2.05) is 67.1 Å². The van der Waals surface area contributed by atoms with E-state index in [9.17, 15) is 27.9 Å². The van der Waals surface area contributed by atoms with E-state index in [1.165, 1.54) is 11.9 Å². The second kappa shape index (κ2) is 12.0. The van der Waals surface area contributed by atoms with Gasteiger partial charge in [-0.2, -0.15) is 13.2 Å². The number of aryl methyl sites for hydroxylation is 1. The lowest BCUT2D eigenvalue weighted by atomic mass is 9.96. The Kier molecular flexibility index (Phi) is 8.90. The molecule has 0 spiro atoms. The van der Waals surface area contributed by atoms with Gasteiger partial charge in [0.2, 0.25) is 5.91 Å². The van der Waals surface area contributed by atoms with Crippen LogP contribution >= 0.6 is 0 Å². The Labute approximate surface area is 232 Å². The van der Waals surface area contributed by atoms with Crippen LogP contribution < -0.4 is 0 Å². The van der Waals surface area contributed by atoms with Crippen molar-refractivity contribution in [1.82, 2.24) is 14.4 Å². The van der Waals surface area contributed by atoms with Crippen LogP contribution in [0, 0.1) is 5.92 Å². The molecule has 3 atom stereocenters. The molecule has 216 valence electrons. The van der Waals surface area contributed by atoms with Crippen LogP contribution in [0.15, 0.2) is 48.5 Å². The molecule has 1 aliphatic rings. The van der Waals surface area contributed by atoms with Crippen molar-refractivity contribution in [2.75, 3.05) is 26.7 Å². The smallest absolute Gasteiger partial charge is 0.389 e. The molecule has 4 rings (SSSR count). The van der Waals surface area contributed by atoms with Gasteiger partial charge < -0.3 is 24.2 Å². The highest BCUT2D eigenvalue weighted by atomic mass is 19.4. The van der Waals surface area contributed by atoms with E-state index in [2.05, 4.69) is 0 Å². The average molecular weight is 560 g/mol. The fourth-order valence-electron chi connectivity index (χ4n) is 5.34. The fraction of sp³-hybridized carbons (Fsp3) is 0.467. The van der Waals surface area contributed by atoms with Gasteiger partial charge in [-0.1, -0.05) is 49.4 Å². The molecule has 0 saturated heterocycles. The van der Waals surface area contributed by atoms with E-state index in [0.29, 0.717) is 5.69 Å². The molecule has 0 saturated carbocycles. The van der Waals surface area contributed by atoms with Crippen LogP contribution in [0.3, 0.4) is 0 Å². The van der Waals surface area contributed by atoms with Crippen LogP contribution in [-0.2, 0) is 23.2 Å². The molecule has 2 heterocycles. The number of alkyl halides is 3. The number of para-hydroxylation sites is 1. The minimum Gasteiger partial charge on any atom is -0.394 e. The summed E-state index contributed by atoms with van der Waals surface area (Å²) in [6.45, 7) is 3.86. The number of aliphatic hydroxyl groups excluding tert-OH is 1. The highest BCUT2D eigenvalue weighted by Gasteiger charge is 2.34. The third kappa shape index (κ3) is 6.18. The van der Waals surface area contributed by atoms with E-state index >= 15 is 0 Å². The monoisotopic (exact) mass is 559 g/mol. The van der Waals surface area contributed by atoms with Gasteiger partial charge in [0.25, 0.3) is 5.91 Å². The van der Waals surface area contributed by atoms with Gasteiger partial charge in [0.05, 0.1) is 31.8 Å². The van der Waals surface area contributed by atoms with E-state index in [0.717, 1.165) is 27.6 Å². The standard InChI is InChI=1S/C30H36F3N3O4/c1-19-15-36(20(2)17-37)29(39)28-27(23-11-7-8-12-24(23)35(28)4)22-10-6-5-9-21(22)18-40-25(19)16-34(3)26(38)13-14-30(31,32)33/h5-12,19-20,25,37H,13-18H2,1-4H3/t19-,20+,25+/m1/s1. The van der Waals surface area contributed by atoms with Crippen LogP contribution in [-0.4, -0.2) is 76.4 Å². The summed E-state index contributed by atoms with van der Waals surface area (Å²) in [6.07, 6.45) is -6.82. The number of likely N-dealkylation sites (N-methyl/N-ethyl adjacent to an activating group) is 1. The molecule has 0 radical (unpaired) electrons. The number of aliphatic hydroxyl groups is 1. The predicted molar refractivity (Wildman–Crippen MR) is 147 cm³/mol. The molecular formula is C30H36F3N3O4. The molecule has 0 fully saturated rings.